The summed E-state index contributed by atoms with van der Waals surface area (Å²) in [4.78, 5) is 4.03. The van der Waals surface area contributed by atoms with Crippen LogP contribution < -0.4 is 10.5 Å². The van der Waals surface area contributed by atoms with Gasteiger partial charge in [-0.15, -0.1) is 0 Å². The molecule has 1 aromatic heterocycles. The molecule has 2 aromatic rings. The van der Waals surface area contributed by atoms with Gasteiger partial charge in [-0.05, 0) is 12.1 Å². The van der Waals surface area contributed by atoms with E-state index in [0.717, 1.165) is 0 Å². The van der Waals surface area contributed by atoms with Gasteiger partial charge in [0, 0.05) is 5.39 Å². The number of pyridine rings is 1. The van der Waals surface area contributed by atoms with Crippen LogP contribution in [0, 0.1) is 17.1 Å². The topological polar surface area (TPSA) is 71.9 Å². The number of benzene rings is 1. The number of nitrogens with two attached hydrogens (primary N) is 1. The number of methoxy groups -OCH3 is 1. The van der Waals surface area contributed by atoms with Crippen molar-refractivity contribution in [2.75, 3.05) is 12.8 Å². The maximum absolute atomic E-state index is 13.5. The molecular weight excluding hydrogens is 233 g/mol. The summed E-state index contributed by atoms with van der Waals surface area (Å²) in [7, 11) is 1.37. The first-order chi connectivity index (χ1) is 8.67. The highest BCUT2D eigenvalue weighted by atomic mass is 19.1. The molecule has 0 amide bonds. The third-order valence-electron chi connectivity index (χ3n) is 2.22. The summed E-state index contributed by atoms with van der Waals surface area (Å²) in [6.07, 6.45) is 1.43. The van der Waals surface area contributed by atoms with Crippen LogP contribution in [0.15, 0.2) is 18.3 Å². The van der Waals surface area contributed by atoms with Crippen LogP contribution in [-0.4, -0.2) is 12.1 Å². The quantitative estimate of drug-likeness (QED) is 0.841. The van der Waals surface area contributed by atoms with Gasteiger partial charge in [0.15, 0.2) is 5.75 Å². The second kappa shape index (κ2) is 5.82. The molecule has 0 bridgehead atoms. The van der Waals surface area contributed by atoms with E-state index in [9.17, 15) is 4.39 Å². The molecule has 0 unspecified atom stereocenters. The lowest BCUT2D eigenvalue weighted by Crippen LogP contribution is -1.96. The van der Waals surface area contributed by atoms with Crippen LogP contribution in [-0.2, 0) is 0 Å². The van der Waals surface area contributed by atoms with Crippen molar-refractivity contribution in [1.29, 1.82) is 5.26 Å². The van der Waals surface area contributed by atoms with E-state index in [1.165, 1.54) is 19.4 Å². The molecule has 0 fully saturated rings. The molecule has 18 heavy (non-hydrogen) atoms. The Hall–Kier alpha value is -2.35. The average molecular weight is 247 g/mol. The van der Waals surface area contributed by atoms with Crippen molar-refractivity contribution in [3.05, 3.63) is 29.7 Å². The van der Waals surface area contributed by atoms with Crippen LogP contribution in [0.3, 0.4) is 0 Å². The van der Waals surface area contributed by atoms with E-state index in [4.69, 9.17) is 15.7 Å². The second-order valence-electron chi connectivity index (χ2n) is 3.22. The molecule has 94 valence electrons. The lowest BCUT2D eigenvalue weighted by atomic mass is 10.1. The van der Waals surface area contributed by atoms with E-state index in [0.29, 0.717) is 16.6 Å². The number of hydrogen-bond donors (Lipinski definition) is 1. The molecule has 2 rings (SSSR count). The molecule has 2 N–H and O–H groups in total. The van der Waals surface area contributed by atoms with Crippen molar-refractivity contribution in [2.45, 2.75) is 13.8 Å². The standard InChI is InChI=1S/C11H8FN3O.C2H6/c1-16-11-8(4-13)9(12)3-6-2-7(14)5-15-10(6)11;1-2/h2-3,5H,14H2,1H3;1-2H3. The number of nitrogens with zero attached hydrogens (tertiary/aromatic N) is 2. The Kier molecular flexibility index (Phi) is 4.44. The van der Waals surface area contributed by atoms with Gasteiger partial charge >= 0.3 is 0 Å². The third-order valence-corrected chi connectivity index (χ3v) is 2.22. The number of halogens is 1. The molecule has 0 saturated carbocycles. The van der Waals surface area contributed by atoms with Crippen molar-refractivity contribution >= 4 is 16.6 Å². The van der Waals surface area contributed by atoms with E-state index in [1.54, 1.807) is 12.1 Å². The van der Waals surface area contributed by atoms with Crippen molar-refractivity contribution in [3.63, 3.8) is 0 Å². The van der Waals surface area contributed by atoms with Crippen LogP contribution in [0.1, 0.15) is 19.4 Å². The molecule has 0 aliphatic heterocycles. The SMILES string of the molecule is CC.COc1c(C#N)c(F)cc2cc(N)cnc12. The monoisotopic (exact) mass is 247 g/mol. The molecular formula is C13H14FN3O. The predicted molar refractivity (Wildman–Crippen MR) is 68.7 cm³/mol. The van der Waals surface area contributed by atoms with Gasteiger partial charge in [0.1, 0.15) is 23.0 Å². The zero-order valence-corrected chi connectivity index (χ0v) is 10.5. The third kappa shape index (κ3) is 2.33. The molecule has 0 spiro atoms. The molecule has 1 aromatic carbocycles. The van der Waals surface area contributed by atoms with Gasteiger partial charge in [-0.3, -0.25) is 4.98 Å². The van der Waals surface area contributed by atoms with Gasteiger partial charge in [0.2, 0.25) is 0 Å². The summed E-state index contributed by atoms with van der Waals surface area (Å²) in [6.45, 7) is 4.00. The van der Waals surface area contributed by atoms with E-state index < -0.39 is 5.82 Å². The number of hydrogen-bond acceptors (Lipinski definition) is 4. The normalized spacial score (nSPS) is 9.28. The summed E-state index contributed by atoms with van der Waals surface area (Å²) in [5.74, 6) is -0.503. The minimum Gasteiger partial charge on any atom is -0.493 e. The van der Waals surface area contributed by atoms with E-state index in [1.807, 2.05) is 13.8 Å². The Balaban J connectivity index is 0.000000771. The molecule has 1 heterocycles. The minimum atomic E-state index is -0.640. The Morgan fingerprint density at radius 2 is 2.06 bits per heavy atom. The summed E-state index contributed by atoms with van der Waals surface area (Å²) >= 11 is 0. The first-order valence-corrected chi connectivity index (χ1v) is 5.49. The number of anilines is 1. The Morgan fingerprint density at radius 3 is 2.61 bits per heavy atom. The number of ether oxygens (including phenoxy) is 1. The predicted octanol–water partition coefficient (Wildman–Crippen LogP) is 2.86. The van der Waals surface area contributed by atoms with Crippen molar-refractivity contribution in [2.24, 2.45) is 0 Å². The smallest absolute Gasteiger partial charge is 0.165 e. The molecule has 5 heteroatoms. The van der Waals surface area contributed by atoms with Crippen LogP contribution in [0.25, 0.3) is 10.9 Å². The second-order valence-corrected chi connectivity index (χ2v) is 3.22. The Morgan fingerprint density at radius 1 is 1.39 bits per heavy atom. The van der Waals surface area contributed by atoms with Gasteiger partial charge in [-0.25, -0.2) is 4.39 Å². The highest BCUT2D eigenvalue weighted by molar-refractivity contribution is 5.88. The van der Waals surface area contributed by atoms with Gasteiger partial charge < -0.3 is 10.5 Å². The van der Waals surface area contributed by atoms with Gasteiger partial charge in [-0.1, -0.05) is 13.8 Å². The van der Waals surface area contributed by atoms with Crippen LogP contribution in [0.2, 0.25) is 0 Å². The molecule has 0 saturated heterocycles. The molecule has 0 aliphatic rings. The fourth-order valence-electron chi connectivity index (χ4n) is 1.54. The first-order valence-electron chi connectivity index (χ1n) is 5.49. The summed E-state index contributed by atoms with van der Waals surface area (Å²) < 4.78 is 18.5. The largest absolute Gasteiger partial charge is 0.493 e. The maximum Gasteiger partial charge on any atom is 0.165 e. The zero-order valence-electron chi connectivity index (χ0n) is 10.5. The summed E-state index contributed by atoms with van der Waals surface area (Å²) in [6, 6.07) is 4.55. The minimum absolute atomic E-state index is 0.137. The molecule has 0 radical (unpaired) electrons. The number of nitrogen functional groups attached to an aromatic ring is 1. The van der Waals surface area contributed by atoms with Crippen LogP contribution in [0.5, 0.6) is 5.75 Å². The van der Waals surface area contributed by atoms with Crippen LogP contribution in [0.4, 0.5) is 10.1 Å². The van der Waals surface area contributed by atoms with E-state index in [2.05, 4.69) is 4.98 Å². The summed E-state index contributed by atoms with van der Waals surface area (Å²) in [5.41, 5.74) is 6.25. The maximum atomic E-state index is 13.5. The Bertz CT molecular complexity index is 605. The number of aromatic nitrogens is 1. The average Bonchev–Trinajstić information content (AvgIpc) is 2.39. The lowest BCUT2D eigenvalue weighted by molar-refractivity contribution is 0.414. The van der Waals surface area contributed by atoms with Crippen LogP contribution >= 0.6 is 0 Å². The Labute approximate surface area is 105 Å². The molecule has 0 aliphatic carbocycles. The fraction of sp³-hybridized carbons (Fsp3) is 0.231. The number of rotatable bonds is 1. The molecule has 0 atom stereocenters. The van der Waals surface area contributed by atoms with Crippen molar-refractivity contribution < 1.29 is 9.13 Å². The number of fused-ring (bicyclic) bond motifs is 1. The van der Waals surface area contributed by atoms with Crippen molar-refractivity contribution in [3.8, 4) is 11.8 Å². The van der Waals surface area contributed by atoms with Gasteiger partial charge in [-0.2, -0.15) is 5.26 Å². The van der Waals surface area contributed by atoms with E-state index >= 15 is 0 Å². The fourth-order valence-corrected chi connectivity index (χ4v) is 1.54. The molecule has 4 nitrogen and oxygen atoms in total. The highest BCUT2D eigenvalue weighted by Gasteiger charge is 2.15. The van der Waals surface area contributed by atoms with Gasteiger partial charge in [0.25, 0.3) is 0 Å². The summed E-state index contributed by atoms with van der Waals surface area (Å²) in [5, 5.41) is 9.33. The first kappa shape index (κ1) is 13.7. The zero-order chi connectivity index (χ0) is 13.7. The van der Waals surface area contributed by atoms with E-state index in [-0.39, 0.29) is 11.3 Å². The number of nitriles is 1. The van der Waals surface area contributed by atoms with Gasteiger partial charge in [0.05, 0.1) is 19.0 Å². The lowest BCUT2D eigenvalue weighted by Gasteiger charge is -2.07. The highest BCUT2D eigenvalue weighted by Crippen LogP contribution is 2.30. The van der Waals surface area contributed by atoms with Crippen molar-refractivity contribution in [1.82, 2.24) is 4.98 Å².